The zero-order valence-electron chi connectivity index (χ0n) is 11.3. The van der Waals surface area contributed by atoms with Crippen molar-refractivity contribution in [1.82, 2.24) is 0 Å². The van der Waals surface area contributed by atoms with E-state index in [4.69, 9.17) is 0 Å². The van der Waals surface area contributed by atoms with Crippen LogP contribution >= 0.6 is 23.5 Å². The van der Waals surface area contributed by atoms with Gasteiger partial charge in [0.25, 0.3) is 0 Å². The van der Waals surface area contributed by atoms with Crippen LogP contribution in [0.25, 0.3) is 0 Å². The highest BCUT2D eigenvalue weighted by atomic mass is 32.2. The van der Waals surface area contributed by atoms with Gasteiger partial charge >= 0.3 is 0 Å². The van der Waals surface area contributed by atoms with Crippen LogP contribution in [-0.4, -0.2) is 66.0 Å². The Bertz CT molecular complexity index is 74.5. The number of hydrogen-bond donors (Lipinski definition) is 0. The molecule has 0 spiro atoms. The maximum Gasteiger partial charge on any atom is 0.0914 e. The second-order valence-corrected chi connectivity index (χ2v) is 4.00. The summed E-state index contributed by atoms with van der Waals surface area (Å²) < 4.78 is 18.6. The van der Waals surface area contributed by atoms with Crippen LogP contribution < -0.4 is 0 Å². The fourth-order valence-electron chi connectivity index (χ4n) is 0.402. The third-order valence-corrected chi connectivity index (χ3v) is 1.91. The van der Waals surface area contributed by atoms with Gasteiger partial charge in [0.1, 0.15) is 0 Å². The summed E-state index contributed by atoms with van der Waals surface area (Å²) in [5.41, 5.74) is 0. The molecule has 0 unspecified atom stereocenters. The van der Waals surface area contributed by atoms with Crippen molar-refractivity contribution in [1.29, 1.82) is 0 Å². The molecule has 0 rings (SSSR count). The highest BCUT2D eigenvalue weighted by molar-refractivity contribution is 7.98. The number of hydrogen-bond acceptors (Lipinski definition) is 6. The molecule has 0 fully saturated rings. The van der Waals surface area contributed by atoms with E-state index in [0.29, 0.717) is 13.2 Å². The van der Waals surface area contributed by atoms with Gasteiger partial charge in [-0.25, -0.2) is 0 Å². The van der Waals surface area contributed by atoms with Gasteiger partial charge in [-0.1, -0.05) is 14.9 Å². The number of thioether (sulfide) groups is 2. The zero-order valence-corrected chi connectivity index (χ0v) is 12.9. The Hall–Kier alpha value is 0.540. The Morgan fingerprint density at radius 2 is 0.889 bits per heavy atom. The molecule has 0 aliphatic carbocycles. The van der Waals surface area contributed by atoms with Gasteiger partial charge in [-0.15, -0.1) is 23.5 Å². The molecule has 6 heteroatoms. The van der Waals surface area contributed by atoms with Gasteiger partial charge in [0.05, 0.1) is 25.1 Å². The number of methoxy groups -OCH3 is 4. The van der Waals surface area contributed by atoms with Gasteiger partial charge in [0, 0.05) is 28.4 Å². The van der Waals surface area contributed by atoms with Crippen LogP contribution in [0.2, 0.25) is 0 Å². The topological polar surface area (TPSA) is 36.9 Å². The number of ether oxygens (including phenoxy) is 4. The lowest BCUT2D eigenvalue weighted by Crippen LogP contribution is -1.96. The largest absolute Gasteiger partial charge is 0.382 e. The Labute approximate surface area is 123 Å². The molecule has 0 aromatic rings. The van der Waals surface area contributed by atoms with E-state index in [-0.39, 0.29) is 14.9 Å². The second-order valence-electron chi connectivity index (χ2n) is 2.38. The van der Waals surface area contributed by atoms with Crippen LogP contribution in [-0.2, 0) is 18.9 Å². The quantitative estimate of drug-likeness (QED) is 0.529. The van der Waals surface area contributed by atoms with Crippen LogP contribution in [0, 0.1) is 0 Å². The first-order valence-electron chi connectivity index (χ1n) is 4.68. The van der Waals surface area contributed by atoms with Crippen LogP contribution in [0.4, 0.5) is 0 Å². The molecule has 0 amide bonds. The third kappa shape index (κ3) is 70.3. The monoisotopic (exact) mass is 306 g/mol. The first kappa shape index (κ1) is 31.1. The average Bonchev–Trinajstić information content (AvgIpc) is 2.30. The SMILES string of the molecule is C.C.COCCOC.COCSC.COCSC. The normalized spacial score (nSPS) is 7.67. The molecule has 0 aromatic heterocycles. The summed E-state index contributed by atoms with van der Waals surface area (Å²) in [6.45, 7) is 1.38. The van der Waals surface area contributed by atoms with Crippen molar-refractivity contribution < 1.29 is 18.9 Å². The standard InChI is InChI=1S/C4H10O2.2C3H8OS.2CH4/c1-5-3-4-6-2;2*1-4-3-5-2;;/h3-4H2,1-2H3;2*3H2,1-2H3;2*1H4. The van der Waals surface area contributed by atoms with E-state index in [1.807, 2.05) is 12.5 Å². The predicted octanol–water partition coefficient (Wildman–Crippen LogP) is 3.46. The smallest absolute Gasteiger partial charge is 0.0914 e. The Kier molecular flexibility index (Phi) is 74.7. The van der Waals surface area contributed by atoms with Crippen molar-refractivity contribution in [3.8, 4) is 0 Å². The lowest BCUT2D eigenvalue weighted by atomic mass is 10.8. The lowest BCUT2D eigenvalue weighted by Gasteiger charge is -1.91. The minimum atomic E-state index is 0. The minimum absolute atomic E-state index is 0. The minimum Gasteiger partial charge on any atom is -0.382 e. The van der Waals surface area contributed by atoms with E-state index in [1.54, 1.807) is 52.0 Å². The summed E-state index contributed by atoms with van der Waals surface area (Å²) in [7, 11) is 6.69. The molecule has 0 aromatic carbocycles. The van der Waals surface area contributed by atoms with E-state index in [9.17, 15) is 0 Å². The molecule has 0 bridgehead atoms. The Morgan fingerprint density at radius 3 is 0.944 bits per heavy atom. The van der Waals surface area contributed by atoms with Gasteiger partial charge < -0.3 is 18.9 Å². The molecule has 0 aliphatic heterocycles. The van der Waals surface area contributed by atoms with Crippen LogP contribution in [0.1, 0.15) is 14.9 Å². The maximum atomic E-state index is 4.66. The molecule has 0 saturated carbocycles. The molecule has 0 heterocycles. The Balaban J connectivity index is -0.0000000447. The summed E-state index contributed by atoms with van der Waals surface area (Å²) in [6, 6.07) is 0. The predicted molar refractivity (Wildman–Crippen MR) is 88.0 cm³/mol. The van der Waals surface area contributed by atoms with Crippen LogP contribution in [0.5, 0.6) is 0 Å². The van der Waals surface area contributed by atoms with E-state index in [2.05, 4.69) is 18.9 Å². The lowest BCUT2D eigenvalue weighted by molar-refractivity contribution is 0.103. The first-order chi connectivity index (χ1) is 7.74. The molecule has 0 atom stereocenters. The van der Waals surface area contributed by atoms with Gasteiger partial charge in [0.15, 0.2) is 0 Å². The molecule has 0 aliphatic rings. The van der Waals surface area contributed by atoms with E-state index in [0.717, 1.165) is 11.9 Å². The molecule has 0 radical (unpaired) electrons. The van der Waals surface area contributed by atoms with E-state index >= 15 is 0 Å². The van der Waals surface area contributed by atoms with Crippen molar-refractivity contribution in [3.05, 3.63) is 0 Å². The van der Waals surface area contributed by atoms with Crippen molar-refractivity contribution in [2.24, 2.45) is 0 Å². The molecule has 0 saturated heterocycles. The Morgan fingerprint density at radius 1 is 0.611 bits per heavy atom. The molecule has 0 N–H and O–H groups in total. The van der Waals surface area contributed by atoms with Crippen molar-refractivity contribution in [2.45, 2.75) is 14.9 Å². The molecule has 4 nitrogen and oxygen atoms in total. The fourth-order valence-corrected chi connectivity index (χ4v) is 0.874. The van der Waals surface area contributed by atoms with Crippen LogP contribution in [0.15, 0.2) is 0 Å². The average molecular weight is 307 g/mol. The molecule has 118 valence electrons. The summed E-state index contributed by atoms with van der Waals surface area (Å²) >= 11 is 3.36. The highest BCUT2D eigenvalue weighted by Gasteiger charge is 1.73. The maximum absolute atomic E-state index is 4.66. The second kappa shape index (κ2) is 43.2. The molecule has 18 heavy (non-hydrogen) atoms. The van der Waals surface area contributed by atoms with E-state index < -0.39 is 0 Å². The van der Waals surface area contributed by atoms with E-state index in [1.165, 1.54) is 0 Å². The van der Waals surface area contributed by atoms with Crippen molar-refractivity contribution >= 4 is 23.5 Å². The van der Waals surface area contributed by atoms with Gasteiger partial charge in [-0.2, -0.15) is 0 Å². The van der Waals surface area contributed by atoms with Crippen LogP contribution in [0.3, 0.4) is 0 Å². The third-order valence-electron chi connectivity index (χ3n) is 0.963. The zero-order chi connectivity index (χ0) is 13.1. The molecular weight excluding hydrogens is 272 g/mol. The summed E-state index contributed by atoms with van der Waals surface area (Å²) in [6.07, 6.45) is 4.01. The van der Waals surface area contributed by atoms with Gasteiger partial charge in [-0.3, -0.25) is 0 Å². The first-order valence-corrected chi connectivity index (χ1v) is 7.47. The van der Waals surface area contributed by atoms with Crippen molar-refractivity contribution in [2.75, 3.05) is 66.0 Å². The summed E-state index contributed by atoms with van der Waals surface area (Å²) in [4.78, 5) is 0. The molecular formula is C12H34O4S2. The highest BCUT2D eigenvalue weighted by Crippen LogP contribution is 1.87. The van der Waals surface area contributed by atoms with Crippen molar-refractivity contribution in [3.63, 3.8) is 0 Å². The summed E-state index contributed by atoms with van der Waals surface area (Å²) in [5.74, 6) is 1.61. The number of rotatable bonds is 7. The van der Waals surface area contributed by atoms with Gasteiger partial charge in [-0.05, 0) is 12.5 Å². The summed E-state index contributed by atoms with van der Waals surface area (Å²) in [5, 5.41) is 0. The van der Waals surface area contributed by atoms with Gasteiger partial charge in [0.2, 0.25) is 0 Å². The fraction of sp³-hybridized carbons (Fsp3) is 1.00.